The maximum atomic E-state index is 6.31. The van der Waals surface area contributed by atoms with Crippen molar-refractivity contribution in [3.8, 4) is 33.6 Å². The van der Waals surface area contributed by atoms with Crippen molar-refractivity contribution in [2.24, 2.45) is 0 Å². The van der Waals surface area contributed by atoms with Gasteiger partial charge in [0, 0.05) is 33.5 Å². The Morgan fingerprint density at radius 2 is 1.31 bits per heavy atom. The lowest BCUT2D eigenvalue weighted by Gasteiger charge is -2.14. The summed E-state index contributed by atoms with van der Waals surface area (Å²) in [6.45, 7) is 8.60. The number of aryl methyl sites for hydroxylation is 4. The normalized spacial score (nSPS) is 11.6. The number of pyridine rings is 2. The van der Waals surface area contributed by atoms with Gasteiger partial charge in [0.15, 0.2) is 0 Å². The fourth-order valence-electron chi connectivity index (χ4n) is 5.83. The number of hydrogen-bond acceptors (Lipinski definition) is 3. The maximum Gasteiger partial charge on any atom is 0.144 e. The zero-order chi connectivity index (χ0) is 26.7. The minimum absolute atomic E-state index is 0.875. The van der Waals surface area contributed by atoms with E-state index in [1.807, 2.05) is 18.3 Å². The Balaban J connectivity index is 1.36. The minimum Gasteiger partial charge on any atom is -0.455 e. The van der Waals surface area contributed by atoms with E-state index < -0.39 is 0 Å². The fraction of sp³-hybridized carbons (Fsp3) is 0.111. The highest BCUT2D eigenvalue weighted by molar-refractivity contribution is 6.09. The largest absolute Gasteiger partial charge is 0.455 e. The van der Waals surface area contributed by atoms with Gasteiger partial charge in [0.1, 0.15) is 11.2 Å². The van der Waals surface area contributed by atoms with Gasteiger partial charge in [-0.05, 0) is 97.5 Å². The number of nitrogens with zero attached hydrogens (tertiary/aromatic N) is 2. The molecule has 0 saturated heterocycles. The van der Waals surface area contributed by atoms with Crippen molar-refractivity contribution in [2.75, 3.05) is 0 Å². The summed E-state index contributed by atoms with van der Waals surface area (Å²) in [5.41, 5.74) is 14.1. The number of aromatic nitrogens is 2. The first kappa shape index (κ1) is 23.4. The van der Waals surface area contributed by atoms with Gasteiger partial charge in [0.2, 0.25) is 0 Å². The Morgan fingerprint density at radius 1 is 0.564 bits per heavy atom. The predicted octanol–water partition coefficient (Wildman–Crippen LogP) is 9.76. The SMILES string of the molecule is Cc1cnc(-c2cccc3c2oc2ccccc23)cc1-c1cc2ccc(-c3c(C)cccc3C)nc2cc1C. The molecule has 39 heavy (non-hydrogen) atoms. The molecule has 3 aromatic heterocycles. The molecule has 3 heterocycles. The summed E-state index contributed by atoms with van der Waals surface area (Å²) in [5, 5.41) is 3.36. The number of benzene rings is 4. The molecule has 0 aliphatic heterocycles. The van der Waals surface area contributed by atoms with Crippen LogP contribution >= 0.6 is 0 Å². The molecule has 0 unspecified atom stereocenters. The second-order valence-corrected chi connectivity index (χ2v) is 10.5. The third kappa shape index (κ3) is 3.81. The molecular formula is C36H28N2O. The molecular weight excluding hydrogens is 476 g/mol. The molecule has 0 aliphatic carbocycles. The molecule has 0 bridgehead atoms. The van der Waals surface area contributed by atoms with Crippen LogP contribution in [0.1, 0.15) is 22.3 Å². The molecule has 3 heteroatoms. The second kappa shape index (κ2) is 8.92. The highest BCUT2D eigenvalue weighted by atomic mass is 16.3. The van der Waals surface area contributed by atoms with Gasteiger partial charge in [0.25, 0.3) is 0 Å². The van der Waals surface area contributed by atoms with Gasteiger partial charge in [0.05, 0.1) is 16.9 Å². The zero-order valence-electron chi connectivity index (χ0n) is 22.5. The topological polar surface area (TPSA) is 38.9 Å². The summed E-state index contributed by atoms with van der Waals surface area (Å²) < 4.78 is 6.31. The third-order valence-electron chi connectivity index (χ3n) is 7.85. The third-order valence-corrected chi connectivity index (χ3v) is 7.85. The van der Waals surface area contributed by atoms with Crippen LogP contribution in [-0.2, 0) is 0 Å². The first-order chi connectivity index (χ1) is 19.0. The maximum absolute atomic E-state index is 6.31. The van der Waals surface area contributed by atoms with E-state index in [0.29, 0.717) is 0 Å². The first-order valence-corrected chi connectivity index (χ1v) is 13.3. The van der Waals surface area contributed by atoms with E-state index >= 15 is 0 Å². The molecule has 7 aromatic rings. The molecule has 0 radical (unpaired) electrons. The van der Waals surface area contributed by atoms with Crippen molar-refractivity contribution in [1.29, 1.82) is 0 Å². The molecule has 0 saturated carbocycles. The van der Waals surface area contributed by atoms with Crippen molar-refractivity contribution in [3.05, 3.63) is 119 Å². The van der Waals surface area contributed by atoms with Gasteiger partial charge in [-0.3, -0.25) is 4.98 Å². The van der Waals surface area contributed by atoms with Crippen LogP contribution in [0.5, 0.6) is 0 Å². The lowest BCUT2D eigenvalue weighted by atomic mass is 9.93. The molecule has 4 aromatic carbocycles. The standard InChI is InChI=1S/C36H28N2O/c1-21-9-7-10-22(2)35(21)31-16-15-25-18-29(23(3)17-32(25)38-31)30-19-33(37-20-24(30)4)28-13-8-12-27-26-11-5-6-14-34(26)39-36(27)28/h5-20H,1-4H3. The summed E-state index contributed by atoms with van der Waals surface area (Å²) in [5.74, 6) is 0. The van der Waals surface area contributed by atoms with Gasteiger partial charge in [-0.1, -0.05) is 54.6 Å². The number of furan rings is 1. The van der Waals surface area contributed by atoms with Crippen molar-refractivity contribution in [3.63, 3.8) is 0 Å². The lowest BCUT2D eigenvalue weighted by molar-refractivity contribution is 0.670. The highest BCUT2D eigenvalue weighted by Crippen LogP contribution is 2.38. The van der Waals surface area contributed by atoms with E-state index in [9.17, 15) is 0 Å². The number of rotatable bonds is 3. The summed E-state index contributed by atoms with van der Waals surface area (Å²) in [6, 6.07) is 31.9. The molecule has 7 rings (SSSR count). The summed E-state index contributed by atoms with van der Waals surface area (Å²) in [7, 11) is 0. The van der Waals surface area contributed by atoms with Crippen LogP contribution in [-0.4, -0.2) is 9.97 Å². The van der Waals surface area contributed by atoms with Crippen LogP contribution < -0.4 is 0 Å². The highest BCUT2D eigenvalue weighted by Gasteiger charge is 2.16. The zero-order valence-corrected chi connectivity index (χ0v) is 22.5. The number of hydrogen-bond donors (Lipinski definition) is 0. The fourth-order valence-corrected chi connectivity index (χ4v) is 5.83. The van der Waals surface area contributed by atoms with Gasteiger partial charge in [-0.2, -0.15) is 0 Å². The summed E-state index contributed by atoms with van der Waals surface area (Å²) in [6.07, 6.45) is 1.97. The minimum atomic E-state index is 0.875. The van der Waals surface area contributed by atoms with Gasteiger partial charge in [-0.15, -0.1) is 0 Å². The average molecular weight is 505 g/mol. The summed E-state index contributed by atoms with van der Waals surface area (Å²) >= 11 is 0. The smallest absolute Gasteiger partial charge is 0.144 e. The lowest BCUT2D eigenvalue weighted by Crippen LogP contribution is -1.95. The van der Waals surface area contributed by atoms with Crippen molar-refractivity contribution in [1.82, 2.24) is 9.97 Å². The van der Waals surface area contributed by atoms with Crippen LogP contribution in [0.2, 0.25) is 0 Å². The molecule has 0 spiro atoms. The van der Waals surface area contributed by atoms with Crippen molar-refractivity contribution < 1.29 is 4.42 Å². The van der Waals surface area contributed by atoms with Crippen molar-refractivity contribution >= 4 is 32.8 Å². The van der Waals surface area contributed by atoms with E-state index in [2.05, 4.69) is 107 Å². The first-order valence-electron chi connectivity index (χ1n) is 13.3. The average Bonchev–Trinajstić information content (AvgIpc) is 3.32. The van der Waals surface area contributed by atoms with Gasteiger partial charge < -0.3 is 4.42 Å². The van der Waals surface area contributed by atoms with Gasteiger partial charge in [-0.25, -0.2) is 4.98 Å². The summed E-state index contributed by atoms with van der Waals surface area (Å²) in [4.78, 5) is 9.92. The van der Waals surface area contributed by atoms with Crippen LogP contribution in [0.25, 0.3) is 66.5 Å². The van der Waals surface area contributed by atoms with E-state index in [-0.39, 0.29) is 0 Å². The predicted molar refractivity (Wildman–Crippen MR) is 162 cm³/mol. The molecule has 3 nitrogen and oxygen atoms in total. The van der Waals surface area contributed by atoms with E-state index in [0.717, 1.165) is 55.4 Å². The molecule has 0 amide bonds. The van der Waals surface area contributed by atoms with E-state index in [4.69, 9.17) is 14.4 Å². The Hall–Kier alpha value is -4.76. The number of para-hydroxylation sites is 2. The van der Waals surface area contributed by atoms with Crippen LogP contribution in [0.3, 0.4) is 0 Å². The second-order valence-electron chi connectivity index (χ2n) is 10.5. The monoisotopic (exact) mass is 504 g/mol. The van der Waals surface area contributed by atoms with Crippen LogP contribution in [0, 0.1) is 27.7 Å². The Labute approximate surface area is 227 Å². The number of fused-ring (bicyclic) bond motifs is 4. The van der Waals surface area contributed by atoms with E-state index in [1.165, 1.54) is 33.4 Å². The Kier molecular flexibility index (Phi) is 5.34. The molecule has 188 valence electrons. The molecule has 0 fully saturated rings. The molecule has 0 N–H and O–H groups in total. The van der Waals surface area contributed by atoms with Crippen molar-refractivity contribution in [2.45, 2.75) is 27.7 Å². The Morgan fingerprint density at radius 3 is 2.15 bits per heavy atom. The molecule has 0 atom stereocenters. The quantitative estimate of drug-likeness (QED) is 0.240. The van der Waals surface area contributed by atoms with Crippen LogP contribution in [0.15, 0.2) is 102 Å². The van der Waals surface area contributed by atoms with Crippen LogP contribution in [0.4, 0.5) is 0 Å². The Bertz CT molecular complexity index is 2050. The van der Waals surface area contributed by atoms with Gasteiger partial charge >= 0.3 is 0 Å². The van der Waals surface area contributed by atoms with E-state index in [1.54, 1.807) is 0 Å². The molecule has 0 aliphatic rings.